The molecule has 3 rings (SSSR count). The van der Waals surface area contributed by atoms with Crippen molar-refractivity contribution in [2.24, 2.45) is 0 Å². The van der Waals surface area contributed by atoms with Gasteiger partial charge in [0, 0.05) is 19.2 Å². The Kier molecular flexibility index (Phi) is 4.14. The summed E-state index contributed by atoms with van der Waals surface area (Å²) < 4.78 is 0. The van der Waals surface area contributed by atoms with Gasteiger partial charge in [-0.3, -0.25) is 14.7 Å². The topological polar surface area (TPSA) is 35.6 Å². The molecule has 0 amide bonds. The van der Waals surface area contributed by atoms with E-state index in [0.717, 1.165) is 12.2 Å². The fraction of sp³-hybridized carbons (Fsp3) is 0.438. The van der Waals surface area contributed by atoms with Crippen LogP contribution in [0.3, 0.4) is 0 Å². The van der Waals surface area contributed by atoms with Crippen LogP contribution < -0.4 is 10.4 Å². The number of anilines is 1. The summed E-state index contributed by atoms with van der Waals surface area (Å²) in [5, 5.41) is 1.94. The average molecular weight is 271 g/mol. The first kappa shape index (κ1) is 13.3. The highest BCUT2D eigenvalue weighted by Crippen LogP contribution is 2.19. The number of hydrogen-bond donors (Lipinski definition) is 1. The fourth-order valence-electron chi connectivity index (χ4n) is 2.77. The molecule has 0 spiro atoms. The summed E-state index contributed by atoms with van der Waals surface area (Å²) in [5.74, 6) is 0.219. The molecular weight excluding hydrogens is 250 g/mol. The SMILES string of the molecule is O=C1CC=CN(c2cccc(CN3CCCC3)c2)NC1. The van der Waals surface area contributed by atoms with Crippen molar-refractivity contribution in [2.75, 3.05) is 24.6 Å². The number of rotatable bonds is 3. The Bertz CT molecular complexity index is 506. The lowest BCUT2D eigenvalue weighted by atomic mass is 10.2. The lowest BCUT2D eigenvalue weighted by molar-refractivity contribution is -0.117. The molecule has 0 aromatic heterocycles. The number of Topliss-reactive ketones (excluding diaryl/α,β-unsaturated/α-hetero) is 1. The minimum Gasteiger partial charge on any atom is -0.299 e. The Balaban J connectivity index is 1.71. The summed E-state index contributed by atoms with van der Waals surface area (Å²) in [5.41, 5.74) is 5.57. The van der Waals surface area contributed by atoms with Gasteiger partial charge in [-0.15, -0.1) is 0 Å². The van der Waals surface area contributed by atoms with Gasteiger partial charge in [-0.2, -0.15) is 0 Å². The molecule has 0 aliphatic carbocycles. The first-order chi connectivity index (χ1) is 9.81. The summed E-state index contributed by atoms with van der Waals surface area (Å²) in [4.78, 5) is 13.9. The Hall–Kier alpha value is -1.65. The van der Waals surface area contributed by atoms with E-state index in [4.69, 9.17) is 0 Å². The number of hydrazine groups is 1. The van der Waals surface area contributed by atoms with E-state index in [1.807, 2.05) is 17.3 Å². The Morgan fingerprint density at radius 3 is 2.90 bits per heavy atom. The predicted octanol–water partition coefficient (Wildman–Crippen LogP) is 2.08. The molecule has 1 aromatic carbocycles. The van der Waals surface area contributed by atoms with Crippen LogP contribution in [0.2, 0.25) is 0 Å². The molecule has 4 nitrogen and oxygen atoms in total. The molecule has 0 radical (unpaired) electrons. The molecule has 20 heavy (non-hydrogen) atoms. The van der Waals surface area contributed by atoms with Crippen LogP contribution in [0, 0.1) is 0 Å². The number of nitrogens with zero attached hydrogens (tertiary/aromatic N) is 2. The first-order valence-electron chi connectivity index (χ1n) is 7.34. The molecule has 0 atom stereocenters. The van der Waals surface area contributed by atoms with Crippen molar-refractivity contribution in [1.82, 2.24) is 10.3 Å². The molecule has 0 bridgehead atoms. The number of benzene rings is 1. The van der Waals surface area contributed by atoms with Crippen LogP contribution in [0.4, 0.5) is 5.69 Å². The van der Waals surface area contributed by atoms with Crippen LogP contribution in [-0.4, -0.2) is 30.3 Å². The van der Waals surface area contributed by atoms with E-state index in [2.05, 4.69) is 34.6 Å². The van der Waals surface area contributed by atoms with Crippen LogP contribution in [-0.2, 0) is 11.3 Å². The Labute approximate surface area is 120 Å². The van der Waals surface area contributed by atoms with Gasteiger partial charge in [-0.25, -0.2) is 5.43 Å². The number of nitrogens with one attached hydrogen (secondary N) is 1. The molecule has 0 unspecified atom stereocenters. The van der Waals surface area contributed by atoms with Crippen LogP contribution in [0.25, 0.3) is 0 Å². The largest absolute Gasteiger partial charge is 0.299 e. The quantitative estimate of drug-likeness (QED) is 0.913. The number of likely N-dealkylation sites (tertiary alicyclic amines) is 1. The third-order valence-corrected chi connectivity index (χ3v) is 3.84. The summed E-state index contributed by atoms with van der Waals surface area (Å²) >= 11 is 0. The number of ketones is 1. The molecule has 1 aromatic rings. The third-order valence-electron chi connectivity index (χ3n) is 3.84. The summed E-state index contributed by atoms with van der Waals surface area (Å²) in [7, 11) is 0. The molecule has 0 saturated carbocycles. The maximum Gasteiger partial charge on any atom is 0.152 e. The van der Waals surface area contributed by atoms with Gasteiger partial charge in [-0.05, 0) is 43.6 Å². The number of carbonyl (C=O) groups excluding carboxylic acids is 1. The number of allylic oxidation sites excluding steroid dienone is 1. The monoisotopic (exact) mass is 271 g/mol. The zero-order chi connectivity index (χ0) is 13.8. The van der Waals surface area contributed by atoms with E-state index in [1.54, 1.807) is 0 Å². The summed E-state index contributed by atoms with van der Waals surface area (Å²) in [6.45, 7) is 3.83. The van der Waals surface area contributed by atoms with Gasteiger partial charge >= 0.3 is 0 Å². The van der Waals surface area contributed by atoms with Crippen LogP contribution in [0.1, 0.15) is 24.8 Å². The second-order valence-corrected chi connectivity index (χ2v) is 5.49. The van der Waals surface area contributed by atoms with Gasteiger partial charge in [0.1, 0.15) is 0 Å². The van der Waals surface area contributed by atoms with Crippen molar-refractivity contribution in [3.63, 3.8) is 0 Å². The highest BCUT2D eigenvalue weighted by Gasteiger charge is 2.13. The van der Waals surface area contributed by atoms with E-state index >= 15 is 0 Å². The molecule has 1 N–H and O–H groups in total. The highest BCUT2D eigenvalue weighted by molar-refractivity contribution is 5.82. The lowest BCUT2D eigenvalue weighted by Gasteiger charge is -2.21. The van der Waals surface area contributed by atoms with E-state index < -0.39 is 0 Å². The van der Waals surface area contributed by atoms with Crippen molar-refractivity contribution in [3.8, 4) is 0 Å². The number of hydrogen-bond acceptors (Lipinski definition) is 4. The van der Waals surface area contributed by atoms with Gasteiger partial charge in [0.15, 0.2) is 5.78 Å². The Morgan fingerprint density at radius 1 is 1.20 bits per heavy atom. The average Bonchev–Trinajstić information content (AvgIpc) is 2.86. The third kappa shape index (κ3) is 3.26. The molecule has 106 valence electrons. The minimum atomic E-state index is 0.219. The van der Waals surface area contributed by atoms with Crippen molar-refractivity contribution >= 4 is 11.5 Å². The standard InChI is InChI=1S/C16H21N3O/c20-16-7-4-10-19(17-12-16)15-6-3-5-14(11-15)13-18-8-1-2-9-18/h3-6,10-11,17H,1-2,7-9,12-13H2. The second-order valence-electron chi connectivity index (χ2n) is 5.49. The molecule has 2 heterocycles. The zero-order valence-electron chi connectivity index (χ0n) is 11.7. The van der Waals surface area contributed by atoms with Crippen molar-refractivity contribution < 1.29 is 4.79 Å². The van der Waals surface area contributed by atoms with Crippen LogP contribution in [0.5, 0.6) is 0 Å². The lowest BCUT2D eigenvalue weighted by Crippen LogP contribution is -2.35. The van der Waals surface area contributed by atoms with E-state index in [-0.39, 0.29) is 5.78 Å². The smallest absolute Gasteiger partial charge is 0.152 e. The minimum absolute atomic E-state index is 0.219. The molecule has 4 heteroatoms. The van der Waals surface area contributed by atoms with E-state index in [1.165, 1.54) is 31.5 Å². The van der Waals surface area contributed by atoms with Crippen molar-refractivity contribution in [1.29, 1.82) is 0 Å². The molecular formula is C16H21N3O. The highest BCUT2D eigenvalue weighted by atomic mass is 16.1. The van der Waals surface area contributed by atoms with Crippen molar-refractivity contribution in [3.05, 3.63) is 42.1 Å². The molecule has 1 fully saturated rings. The van der Waals surface area contributed by atoms with Crippen LogP contribution >= 0.6 is 0 Å². The van der Waals surface area contributed by atoms with Crippen molar-refractivity contribution in [2.45, 2.75) is 25.8 Å². The van der Waals surface area contributed by atoms with E-state index in [0.29, 0.717) is 13.0 Å². The normalized spacial score (nSPS) is 20.4. The second kappa shape index (κ2) is 6.20. The maximum atomic E-state index is 11.4. The maximum absolute atomic E-state index is 11.4. The molecule has 1 saturated heterocycles. The van der Waals surface area contributed by atoms with Gasteiger partial charge in [0.25, 0.3) is 0 Å². The fourth-order valence-corrected chi connectivity index (χ4v) is 2.77. The molecule has 2 aliphatic heterocycles. The van der Waals surface area contributed by atoms with Gasteiger partial charge in [0.2, 0.25) is 0 Å². The molecule has 2 aliphatic rings. The Morgan fingerprint density at radius 2 is 2.05 bits per heavy atom. The number of carbonyl (C=O) groups is 1. The van der Waals surface area contributed by atoms with Gasteiger partial charge < -0.3 is 0 Å². The first-order valence-corrected chi connectivity index (χ1v) is 7.34. The van der Waals surface area contributed by atoms with Gasteiger partial charge in [0.05, 0.1) is 12.2 Å². The zero-order valence-corrected chi connectivity index (χ0v) is 11.7. The van der Waals surface area contributed by atoms with Crippen LogP contribution in [0.15, 0.2) is 36.5 Å². The predicted molar refractivity (Wildman–Crippen MR) is 80.2 cm³/mol. The van der Waals surface area contributed by atoms with E-state index in [9.17, 15) is 4.79 Å². The summed E-state index contributed by atoms with van der Waals surface area (Å²) in [6.07, 6.45) is 7.00. The summed E-state index contributed by atoms with van der Waals surface area (Å²) in [6, 6.07) is 8.53. The van der Waals surface area contributed by atoms with Gasteiger partial charge in [-0.1, -0.05) is 18.2 Å².